The molecule has 0 aliphatic heterocycles. The number of nitro groups is 1. The first kappa shape index (κ1) is 17.2. The fraction of sp³-hybridized carbons (Fsp3) is 0.455. The maximum absolute atomic E-state index is 11.1. The third-order valence-electron chi connectivity index (χ3n) is 2.31. The van der Waals surface area contributed by atoms with Crippen molar-refractivity contribution in [2.75, 3.05) is 12.4 Å². The van der Waals surface area contributed by atoms with Gasteiger partial charge in [-0.1, -0.05) is 19.9 Å². The summed E-state index contributed by atoms with van der Waals surface area (Å²) in [5.41, 5.74) is -0.965. The highest BCUT2D eigenvalue weighted by Gasteiger charge is 2.28. The quantitative estimate of drug-likeness (QED) is 0.425. The van der Waals surface area contributed by atoms with Crippen LogP contribution in [-0.4, -0.2) is 25.7 Å². The number of hydrogen-bond donors (Lipinski definition) is 0. The van der Waals surface area contributed by atoms with E-state index in [-0.39, 0.29) is 23.8 Å². The number of nitro benzene ring substituents is 1. The Hall–Kier alpha value is -0.860. The molecule has 0 aliphatic carbocycles. The van der Waals surface area contributed by atoms with Crippen molar-refractivity contribution in [3.05, 3.63) is 32.8 Å². The fourth-order valence-electron chi connectivity index (χ4n) is 1.56. The Morgan fingerprint density at radius 1 is 1.45 bits per heavy atom. The zero-order chi connectivity index (χ0) is 15.6. The third-order valence-corrected chi connectivity index (χ3v) is 4.39. The van der Waals surface area contributed by atoms with Gasteiger partial charge in [0.15, 0.2) is 0 Å². The van der Waals surface area contributed by atoms with Gasteiger partial charge in [0.25, 0.3) is 0 Å². The zero-order valence-corrected chi connectivity index (χ0v) is 14.0. The first-order valence-corrected chi connectivity index (χ1v) is 8.77. The highest BCUT2D eigenvalue weighted by Crippen LogP contribution is 2.36. The molecule has 0 saturated heterocycles. The van der Waals surface area contributed by atoms with E-state index in [1.54, 1.807) is 19.9 Å². The summed E-state index contributed by atoms with van der Waals surface area (Å²) >= 11 is 3.17. The zero-order valence-electron chi connectivity index (χ0n) is 10.8. The molecule has 0 unspecified atom stereocenters. The van der Waals surface area contributed by atoms with Crippen molar-refractivity contribution in [2.45, 2.75) is 13.8 Å². The SMILES string of the molecule is CC(C)(COc1c(Br)cccc1[N+](=O)[O-])CS(=O)(=O)Cl. The molecule has 6 nitrogen and oxygen atoms in total. The van der Waals surface area contributed by atoms with Gasteiger partial charge in [-0.05, 0) is 22.0 Å². The van der Waals surface area contributed by atoms with Crippen LogP contribution in [0.5, 0.6) is 5.75 Å². The van der Waals surface area contributed by atoms with E-state index in [1.807, 2.05) is 0 Å². The molecule has 0 bridgehead atoms. The van der Waals surface area contributed by atoms with Gasteiger partial charge >= 0.3 is 5.69 Å². The monoisotopic (exact) mass is 385 g/mol. The average molecular weight is 387 g/mol. The summed E-state index contributed by atoms with van der Waals surface area (Å²) in [5, 5.41) is 10.9. The number of halogens is 2. The van der Waals surface area contributed by atoms with Crippen LogP contribution in [0, 0.1) is 15.5 Å². The van der Waals surface area contributed by atoms with E-state index >= 15 is 0 Å². The molecule has 1 rings (SSSR count). The Labute approximate surface area is 129 Å². The highest BCUT2D eigenvalue weighted by atomic mass is 79.9. The lowest BCUT2D eigenvalue weighted by atomic mass is 9.98. The summed E-state index contributed by atoms with van der Waals surface area (Å²) in [6.07, 6.45) is 0. The molecule has 0 heterocycles. The van der Waals surface area contributed by atoms with Crippen molar-refractivity contribution in [1.29, 1.82) is 0 Å². The van der Waals surface area contributed by atoms with Crippen molar-refractivity contribution >= 4 is 41.4 Å². The second kappa shape index (κ2) is 6.28. The molecule has 0 aromatic heterocycles. The van der Waals surface area contributed by atoms with Crippen LogP contribution >= 0.6 is 26.6 Å². The maximum Gasteiger partial charge on any atom is 0.312 e. The summed E-state index contributed by atoms with van der Waals surface area (Å²) in [4.78, 5) is 10.4. The second-order valence-corrected chi connectivity index (χ2v) is 8.61. The van der Waals surface area contributed by atoms with Crippen LogP contribution in [0.4, 0.5) is 5.69 Å². The normalized spacial score (nSPS) is 12.2. The molecular formula is C11H13BrClNO5S. The number of para-hydroxylation sites is 1. The van der Waals surface area contributed by atoms with E-state index in [2.05, 4.69) is 15.9 Å². The number of rotatable bonds is 6. The maximum atomic E-state index is 11.1. The van der Waals surface area contributed by atoms with Crippen LogP contribution in [0.2, 0.25) is 0 Å². The van der Waals surface area contributed by atoms with Gasteiger partial charge in [-0.25, -0.2) is 8.42 Å². The van der Waals surface area contributed by atoms with Gasteiger partial charge in [-0.3, -0.25) is 10.1 Å². The molecular weight excluding hydrogens is 374 g/mol. The van der Waals surface area contributed by atoms with Crippen LogP contribution in [0.15, 0.2) is 22.7 Å². The molecule has 20 heavy (non-hydrogen) atoms. The van der Waals surface area contributed by atoms with Crippen molar-refractivity contribution in [2.24, 2.45) is 5.41 Å². The van der Waals surface area contributed by atoms with Gasteiger partial charge in [0.2, 0.25) is 14.8 Å². The number of hydrogen-bond acceptors (Lipinski definition) is 5. The highest BCUT2D eigenvalue weighted by molar-refractivity contribution is 9.10. The van der Waals surface area contributed by atoms with Crippen LogP contribution in [-0.2, 0) is 9.05 Å². The predicted octanol–water partition coefficient (Wildman–Crippen LogP) is 3.33. The van der Waals surface area contributed by atoms with Crippen LogP contribution < -0.4 is 4.74 Å². The van der Waals surface area contributed by atoms with Gasteiger partial charge in [-0.2, -0.15) is 0 Å². The molecule has 0 spiro atoms. The summed E-state index contributed by atoms with van der Waals surface area (Å²) in [7, 11) is 1.54. The molecule has 1 aromatic rings. The van der Waals surface area contributed by atoms with Gasteiger partial charge in [0, 0.05) is 22.2 Å². The Kier molecular flexibility index (Phi) is 5.39. The predicted molar refractivity (Wildman–Crippen MR) is 79.7 cm³/mol. The standard InChI is InChI=1S/C11H13BrClNO5S/c1-11(2,7-20(13,17)18)6-19-10-8(12)4-3-5-9(10)14(15)16/h3-5H,6-7H2,1-2H3. The Morgan fingerprint density at radius 3 is 2.55 bits per heavy atom. The molecule has 0 amide bonds. The third kappa shape index (κ3) is 5.26. The molecule has 1 aromatic carbocycles. The smallest absolute Gasteiger partial charge is 0.312 e. The molecule has 0 N–H and O–H groups in total. The van der Waals surface area contributed by atoms with E-state index in [9.17, 15) is 18.5 Å². The lowest BCUT2D eigenvalue weighted by Crippen LogP contribution is -2.28. The van der Waals surface area contributed by atoms with Gasteiger partial charge in [0.05, 0.1) is 21.8 Å². The van der Waals surface area contributed by atoms with Crippen molar-refractivity contribution in [1.82, 2.24) is 0 Å². The lowest BCUT2D eigenvalue weighted by Gasteiger charge is -2.23. The second-order valence-electron chi connectivity index (χ2n) is 4.98. The van der Waals surface area contributed by atoms with E-state index in [1.165, 1.54) is 12.1 Å². The van der Waals surface area contributed by atoms with Crippen LogP contribution in [0.25, 0.3) is 0 Å². The van der Waals surface area contributed by atoms with Gasteiger partial charge in [-0.15, -0.1) is 0 Å². The largest absolute Gasteiger partial charge is 0.485 e. The molecule has 112 valence electrons. The summed E-state index contributed by atoms with van der Waals surface area (Å²) in [6.45, 7) is 3.27. The topological polar surface area (TPSA) is 86.5 Å². The minimum Gasteiger partial charge on any atom is -0.485 e. The van der Waals surface area contributed by atoms with Gasteiger partial charge < -0.3 is 4.74 Å². The minimum absolute atomic E-state index is 0.0254. The molecule has 0 aliphatic rings. The van der Waals surface area contributed by atoms with Crippen LogP contribution in [0.1, 0.15) is 13.8 Å². The van der Waals surface area contributed by atoms with E-state index in [0.717, 1.165) is 0 Å². The first-order chi connectivity index (χ1) is 9.02. The molecule has 0 radical (unpaired) electrons. The number of nitrogens with zero attached hydrogens (tertiary/aromatic N) is 1. The van der Waals surface area contributed by atoms with E-state index in [4.69, 9.17) is 15.4 Å². The average Bonchev–Trinajstić information content (AvgIpc) is 2.23. The van der Waals surface area contributed by atoms with E-state index in [0.29, 0.717) is 4.47 Å². The molecule has 0 saturated carbocycles. The van der Waals surface area contributed by atoms with Crippen molar-refractivity contribution < 1.29 is 18.1 Å². The Bertz CT molecular complexity index is 617. The van der Waals surface area contributed by atoms with Crippen molar-refractivity contribution in [3.8, 4) is 5.75 Å². The van der Waals surface area contributed by atoms with Crippen molar-refractivity contribution in [3.63, 3.8) is 0 Å². The van der Waals surface area contributed by atoms with E-state index < -0.39 is 19.4 Å². The minimum atomic E-state index is -3.68. The molecule has 0 atom stereocenters. The summed E-state index contributed by atoms with van der Waals surface area (Å²) < 4.78 is 28.0. The number of benzene rings is 1. The fourth-order valence-corrected chi connectivity index (χ4v) is 3.93. The van der Waals surface area contributed by atoms with Gasteiger partial charge in [0.1, 0.15) is 0 Å². The molecule has 0 fully saturated rings. The summed E-state index contributed by atoms with van der Waals surface area (Å²) in [6, 6.07) is 4.43. The first-order valence-electron chi connectivity index (χ1n) is 5.50. The molecule has 9 heteroatoms. The lowest BCUT2D eigenvalue weighted by molar-refractivity contribution is -0.386. The Balaban J connectivity index is 2.93. The van der Waals surface area contributed by atoms with Crippen LogP contribution in [0.3, 0.4) is 0 Å². The number of ether oxygens (including phenoxy) is 1. The summed E-state index contributed by atoms with van der Waals surface area (Å²) in [5.74, 6) is -0.225. The Morgan fingerprint density at radius 2 is 2.05 bits per heavy atom.